The monoisotopic (exact) mass is 448 g/mol. The Balaban J connectivity index is 0.00000208. The van der Waals surface area contributed by atoms with Gasteiger partial charge in [-0.25, -0.2) is 0 Å². The van der Waals surface area contributed by atoms with Gasteiger partial charge in [0.1, 0.15) is 0 Å². The van der Waals surface area contributed by atoms with Gasteiger partial charge in [-0.15, -0.1) is 24.0 Å². The summed E-state index contributed by atoms with van der Waals surface area (Å²) in [6.45, 7) is 3.22. The van der Waals surface area contributed by atoms with Crippen LogP contribution >= 0.6 is 24.0 Å². The summed E-state index contributed by atoms with van der Waals surface area (Å²) in [7, 11) is 1.74. The highest BCUT2D eigenvalue weighted by Crippen LogP contribution is 2.30. The molecule has 0 bridgehead atoms. The molecule has 2 aliphatic rings. The van der Waals surface area contributed by atoms with Gasteiger partial charge in [-0.2, -0.15) is 0 Å². The summed E-state index contributed by atoms with van der Waals surface area (Å²) < 4.78 is 5.17. The highest BCUT2D eigenvalue weighted by molar-refractivity contribution is 14.0. The fourth-order valence-electron chi connectivity index (χ4n) is 3.01. The number of aliphatic imine (C=N–C) groups is 1. The largest absolute Gasteiger partial charge is 0.459 e. The number of hydrogen-bond acceptors (Lipinski definition) is 4. The quantitative estimate of drug-likeness (QED) is 0.412. The van der Waals surface area contributed by atoms with Gasteiger partial charge in [0.2, 0.25) is 0 Å². The first-order chi connectivity index (χ1) is 11.1. The fraction of sp³-hybridized carbons (Fsp3) is 0.625. The molecule has 134 valence electrons. The van der Waals surface area contributed by atoms with Gasteiger partial charge in [-0.1, -0.05) is 0 Å². The van der Waals surface area contributed by atoms with E-state index < -0.39 is 5.60 Å². The topological polar surface area (TPSA) is 81.3 Å². The molecule has 2 heterocycles. The zero-order valence-corrected chi connectivity index (χ0v) is 16.2. The summed E-state index contributed by atoms with van der Waals surface area (Å²) in [6, 6.07) is 3.41. The van der Waals surface area contributed by atoms with Crippen LogP contribution in [-0.2, 0) is 0 Å². The number of halogens is 1. The van der Waals surface area contributed by atoms with Crippen molar-refractivity contribution >= 4 is 35.8 Å². The van der Waals surface area contributed by atoms with Crippen LogP contribution in [-0.4, -0.2) is 72.1 Å². The van der Waals surface area contributed by atoms with Crippen LogP contribution in [0, 0.1) is 0 Å². The van der Waals surface area contributed by atoms with E-state index in [1.807, 2.05) is 0 Å². The first kappa shape index (κ1) is 19.0. The number of aliphatic hydroxyl groups is 1. The van der Waals surface area contributed by atoms with E-state index >= 15 is 0 Å². The second-order valence-electron chi connectivity index (χ2n) is 6.24. The summed E-state index contributed by atoms with van der Waals surface area (Å²) in [4.78, 5) is 20.4. The molecule has 1 aliphatic carbocycles. The van der Waals surface area contributed by atoms with Crippen molar-refractivity contribution < 1.29 is 14.3 Å². The summed E-state index contributed by atoms with van der Waals surface area (Å²) in [5.41, 5.74) is -0.576. The molecule has 2 fully saturated rings. The molecule has 0 aromatic carbocycles. The molecule has 1 amide bonds. The van der Waals surface area contributed by atoms with Crippen LogP contribution in [0.2, 0.25) is 0 Å². The van der Waals surface area contributed by atoms with Gasteiger partial charge < -0.3 is 24.6 Å². The number of guanidine groups is 1. The van der Waals surface area contributed by atoms with Gasteiger partial charge in [-0.3, -0.25) is 9.79 Å². The zero-order valence-electron chi connectivity index (χ0n) is 13.9. The van der Waals surface area contributed by atoms with Crippen LogP contribution in [0.3, 0.4) is 0 Å². The minimum absolute atomic E-state index is 0. The van der Waals surface area contributed by atoms with Crippen LogP contribution in [0.4, 0.5) is 0 Å². The van der Waals surface area contributed by atoms with Gasteiger partial charge in [0, 0.05) is 39.8 Å². The van der Waals surface area contributed by atoms with Gasteiger partial charge >= 0.3 is 0 Å². The van der Waals surface area contributed by atoms with Crippen LogP contribution in [0.25, 0.3) is 0 Å². The third kappa shape index (κ3) is 4.21. The Morgan fingerprint density at radius 1 is 1.33 bits per heavy atom. The van der Waals surface area contributed by atoms with Crippen molar-refractivity contribution in [1.82, 2.24) is 15.1 Å². The van der Waals surface area contributed by atoms with E-state index in [1.165, 1.54) is 6.26 Å². The smallest absolute Gasteiger partial charge is 0.289 e. The molecule has 0 atom stereocenters. The number of nitrogens with one attached hydrogen (secondary N) is 1. The lowest BCUT2D eigenvalue weighted by molar-refractivity contribution is -0.0283. The number of amides is 1. The predicted molar refractivity (Wildman–Crippen MR) is 102 cm³/mol. The number of rotatable bonds is 3. The molecular formula is C16H25IN4O3. The second-order valence-corrected chi connectivity index (χ2v) is 6.24. The Labute approximate surface area is 159 Å². The third-order valence-electron chi connectivity index (χ3n) is 4.67. The molecule has 1 saturated carbocycles. The van der Waals surface area contributed by atoms with Gasteiger partial charge in [0.25, 0.3) is 5.91 Å². The maximum Gasteiger partial charge on any atom is 0.289 e. The molecule has 0 radical (unpaired) electrons. The SMILES string of the molecule is CN=C(NCC1(O)CCC1)N1CCN(C(=O)c2ccco2)CC1.I. The highest BCUT2D eigenvalue weighted by atomic mass is 127. The van der Waals surface area contributed by atoms with Crippen molar-refractivity contribution in [3.63, 3.8) is 0 Å². The molecule has 1 aromatic heterocycles. The van der Waals surface area contributed by atoms with Crippen molar-refractivity contribution in [2.24, 2.45) is 4.99 Å². The summed E-state index contributed by atoms with van der Waals surface area (Å²) in [6.07, 6.45) is 4.30. The fourth-order valence-corrected chi connectivity index (χ4v) is 3.01. The predicted octanol–water partition coefficient (Wildman–Crippen LogP) is 1.15. The lowest BCUT2D eigenvalue weighted by Gasteiger charge is -2.40. The van der Waals surface area contributed by atoms with Crippen molar-refractivity contribution in [1.29, 1.82) is 0 Å². The first-order valence-corrected chi connectivity index (χ1v) is 8.12. The molecule has 1 aromatic rings. The average molecular weight is 448 g/mol. The Morgan fingerprint density at radius 3 is 2.50 bits per heavy atom. The molecule has 1 aliphatic heterocycles. The lowest BCUT2D eigenvalue weighted by atomic mass is 9.80. The van der Waals surface area contributed by atoms with E-state index in [2.05, 4.69) is 15.2 Å². The number of hydrogen-bond donors (Lipinski definition) is 2. The first-order valence-electron chi connectivity index (χ1n) is 8.12. The van der Waals surface area contributed by atoms with Gasteiger partial charge in [0.05, 0.1) is 11.9 Å². The van der Waals surface area contributed by atoms with Crippen molar-refractivity contribution in [3.8, 4) is 0 Å². The Morgan fingerprint density at radius 2 is 2.00 bits per heavy atom. The average Bonchev–Trinajstić information content (AvgIpc) is 3.08. The summed E-state index contributed by atoms with van der Waals surface area (Å²) >= 11 is 0. The Hall–Kier alpha value is -1.29. The maximum absolute atomic E-state index is 12.2. The van der Waals surface area contributed by atoms with Crippen LogP contribution in [0.1, 0.15) is 29.8 Å². The number of furan rings is 1. The number of carbonyl (C=O) groups is 1. The van der Waals surface area contributed by atoms with Crippen LogP contribution in [0.5, 0.6) is 0 Å². The minimum atomic E-state index is -0.576. The number of nitrogens with zero attached hydrogens (tertiary/aromatic N) is 3. The second kappa shape index (κ2) is 8.19. The molecule has 7 nitrogen and oxygen atoms in total. The zero-order chi connectivity index (χ0) is 16.3. The normalized spacial score (nSPS) is 20.2. The highest BCUT2D eigenvalue weighted by Gasteiger charge is 2.35. The van der Waals surface area contributed by atoms with E-state index in [0.29, 0.717) is 38.5 Å². The summed E-state index contributed by atoms with van der Waals surface area (Å²) in [5.74, 6) is 1.10. The van der Waals surface area contributed by atoms with E-state index in [1.54, 1.807) is 24.1 Å². The number of carbonyl (C=O) groups excluding carboxylic acids is 1. The lowest BCUT2D eigenvalue weighted by Crippen LogP contribution is -2.56. The minimum Gasteiger partial charge on any atom is -0.459 e. The molecule has 2 N–H and O–H groups in total. The molecule has 24 heavy (non-hydrogen) atoms. The molecule has 0 unspecified atom stereocenters. The van der Waals surface area contributed by atoms with E-state index in [4.69, 9.17) is 4.42 Å². The van der Waals surface area contributed by atoms with E-state index in [0.717, 1.165) is 25.2 Å². The molecular weight excluding hydrogens is 423 g/mol. The molecule has 8 heteroatoms. The Bertz CT molecular complexity index is 564. The van der Waals surface area contributed by atoms with Crippen molar-refractivity contribution in [2.75, 3.05) is 39.8 Å². The molecule has 3 rings (SSSR count). The van der Waals surface area contributed by atoms with Gasteiger partial charge in [-0.05, 0) is 31.4 Å². The Kier molecular flexibility index (Phi) is 6.50. The van der Waals surface area contributed by atoms with Crippen molar-refractivity contribution in [2.45, 2.75) is 24.9 Å². The van der Waals surface area contributed by atoms with Crippen LogP contribution in [0.15, 0.2) is 27.8 Å². The molecule has 1 saturated heterocycles. The number of piperazine rings is 1. The van der Waals surface area contributed by atoms with Gasteiger partial charge in [0.15, 0.2) is 11.7 Å². The van der Waals surface area contributed by atoms with Crippen molar-refractivity contribution in [3.05, 3.63) is 24.2 Å². The molecule has 0 spiro atoms. The third-order valence-corrected chi connectivity index (χ3v) is 4.67. The maximum atomic E-state index is 12.2. The van der Waals surface area contributed by atoms with Crippen LogP contribution < -0.4 is 5.32 Å². The summed E-state index contributed by atoms with van der Waals surface area (Å²) in [5, 5.41) is 13.4. The van der Waals surface area contributed by atoms with E-state index in [9.17, 15) is 9.90 Å². The van der Waals surface area contributed by atoms with E-state index in [-0.39, 0.29) is 29.9 Å². The standard InChI is InChI=1S/C16H24N4O3.HI/c1-17-15(18-12-16(22)5-3-6-16)20-9-7-19(8-10-20)14(21)13-4-2-11-23-13;/h2,4,11,22H,3,5-10,12H2,1H3,(H,17,18);1H.